The highest BCUT2D eigenvalue weighted by Crippen LogP contribution is 2.49. The van der Waals surface area contributed by atoms with Crippen molar-refractivity contribution in [2.75, 3.05) is 19.8 Å². The standard InChI is InChI=1S/C13H29O3P/c1-11(2)8-14-17(7,15-9-12(3)4)16-10-13(5)6/h11-13H,7-10H2,1-6H3. The van der Waals surface area contributed by atoms with Crippen LogP contribution in [0.4, 0.5) is 0 Å². The molecule has 0 saturated heterocycles. The number of rotatable bonds is 9. The molecule has 0 spiro atoms. The maximum absolute atomic E-state index is 5.75. The highest BCUT2D eigenvalue weighted by molar-refractivity contribution is 7.59. The predicted octanol–water partition coefficient (Wildman–Crippen LogP) is 4.20. The van der Waals surface area contributed by atoms with Gasteiger partial charge < -0.3 is 13.6 Å². The van der Waals surface area contributed by atoms with Crippen molar-refractivity contribution >= 4 is 13.9 Å². The summed E-state index contributed by atoms with van der Waals surface area (Å²) >= 11 is 0. The van der Waals surface area contributed by atoms with Crippen molar-refractivity contribution in [1.29, 1.82) is 0 Å². The van der Waals surface area contributed by atoms with E-state index in [1.54, 1.807) is 0 Å². The van der Waals surface area contributed by atoms with Gasteiger partial charge in [-0.25, -0.2) is 0 Å². The SMILES string of the molecule is C=P(OCC(C)C)(OCC(C)C)OCC(C)C. The van der Waals surface area contributed by atoms with Crippen LogP contribution in [0, 0.1) is 17.8 Å². The average molecular weight is 264 g/mol. The van der Waals surface area contributed by atoms with Crippen LogP contribution in [-0.2, 0) is 13.6 Å². The van der Waals surface area contributed by atoms with Crippen molar-refractivity contribution in [1.82, 2.24) is 0 Å². The van der Waals surface area contributed by atoms with E-state index in [2.05, 4.69) is 47.8 Å². The van der Waals surface area contributed by atoms with E-state index < -0.39 is 7.57 Å². The van der Waals surface area contributed by atoms with E-state index in [0.29, 0.717) is 37.6 Å². The molecule has 0 aromatic rings. The van der Waals surface area contributed by atoms with E-state index in [-0.39, 0.29) is 0 Å². The molecule has 0 unspecified atom stereocenters. The monoisotopic (exact) mass is 264 g/mol. The molecule has 4 heteroatoms. The Kier molecular flexibility index (Phi) is 8.40. The molecule has 3 nitrogen and oxygen atoms in total. The minimum Gasteiger partial charge on any atom is -0.317 e. The van der Waals surface area contributed by atoms with Gasteiger partial charge in [0.05, 0.1) is 19.8 Å². The molecule has 0 heterocycles. The molecule has 0 rings (SSSR count). The first-order valence-electron chi connectivity index (χ1n) is 6.42. The molecule has 0 aliphatic rings. The summed E-state index contributed by atoms with van der Waals surface area (Å²) in [6.07, 6.45) is 4.03. The molecular formula is C13H29O3P. The third kappa shape index (κ3) is 9.84. The van der Waals surface area contributed by atoms with Crippen LogP contribution >= 0.6 is 7.57 Å². The summed E-state index contributed by atoms with van der Waals surface area (Å²) in [5.41, 5.74) is 0. The fourth-order valence-corrected chi connectivity index (χ4v) is 2.70. The molecule has 0 saturated carbocycles. The van der Waals surface area contributed by atoms with Gasteiger partial charge in [0.25, 0.3) is 7.57 Å². The molecule has 0 aromatic heterocycles. The second kappa shape index (κ2) is 8.31. The molecule has 0 aliphatic carbocycles. The first kappa shape index (κ1) is 17.2. The summed E-state index contributed by atoms with van der Waals surface area (Å²) in [7, 11) is -2.38. The smallest absolute Gasteiger partial charge is 0.250 e. The average Bonchev–Trinajstić information content (AvgIpc) is 2.21. The lowest BCUT2D eigenvalue weighted by Crippen LogP contribution is -2.11. The number of hydrogen-bond acceptors (Lipinski definition) is 3. The topological polar surface area (TPSA) is 27.7 Å². The van der Waals surface area contributed by atoms with Crippen molar-refractivity contribution in [3.05, 3.63) is 0 Å². The van der Waals surface area contributed by atoms with Crippen molar-refractivity contribution in [2.24, 2.45) is 17.8 Å². The molecule has 17 heavy (non-hydrogen) atoms. The van der Waals surface area contributed by atoms with Gasteiger partial charge in [-0.05, 0) is 24.1 Å². The molecule has 0 aromatic carbocycles. The van der Waals surface area contributed by atoms with Gasteiger partial charge in [0.2, 0.25) is 0 Å². The van der Waals surface area contributed by atoms with Crippen molar-refractivity contribution < 1.29 is 13.6 Å². The third-order valence-electron chi connectivity index (χ3n) is 1.81. The largest absolute Gasteiger partial charge is 0.317 e. The zero-order valence-electron chi connectivity index (χ0n) is 12.2. The maximum atomic E-state index is 5.75. The van der Waals surface area contributed by atoms with Crippen LogP contribution in [0.2, 0.25) is 0 Å². The van der Waals surface area contributed by atoms with E-state index in [4.69, 9.17) is 13.6 Å². The van der Waals surface area contributed by atoms with Gasteiger partial charge in [-0.3, -0.25) is 0 Å². The Morgan fingerprint density at radius 3 is 1.12 bits per heavy atom. The summed E-state index contributed by atoms with van der Waals surface area (Å²) in [6.45, 7) is 14.5. The highest BCUT2D eigenvalue weighted by atomic mass is 31.2. The first-order valence-corrected chi connectivity index (χ1v) is 8.15. The van der Waals surface area contributed by atoms with Gasteiger partial charge >= 0.3 is 0 Å². The van der Waals surface area contributed by atoms with E-state index in [1.807, 2.05) is 0 Å². The van der Waals surface area contributed by atoms with E-state index in [1.165, 1.54) is 0 Å². The summed E-state index contributed by atoms with van der Waals surface area (Å²) in [5, 5.41) is 0. The van der Waals surface area contributed by atoms with Crippen LogP contribution < -0.4 is 0 Å². The Hall–Kier alpha value is 0.180. The molecular weight excluding hydrogens is 235 g/mol. The van der Waals surface area contributed by atoms with Crippen LogP contribution in [0.25, 0.3) is 0 Å². The van der Waals surface area contributed by atoms with Gasteiger partial charge in [-0.1, -0.05) is 41.5 Å². The Labute approximate surface area is 107 Å². The Bertz CT molecular complexity index is 199. The zero-order valence-corrected chi connectivity index (χ0v) is 13.1. The second-order valence-corrected chi connectivity index (χ2v) is 7.68. The van der Waals surface area contributed by atoms with Gasteiger partial charge in [0.1, 0.15) is 0 Å². The fourth-order valence-electron chi connectivity index (χ4n) is 0.900. The van der Waals surface area contributed by atoms with Crippen molar-refractivity contribution in [3.8, 4) is 0 Å². The third-order valence-corrected chi connectivity index (χ3v) is 3.44. The molecule has 0 amide bonds. The lowest BCUT2D eigenvalue weighted by Gasteiger charge is -2.26. The van der Waals surface area contributed by atoms with E-state index in [0.717, 1.165) is 0 Å². The zero-order chi connectivity index (χ0) is 13.5. The molecule has 0 N–H and O–H groups in total. The fraction of sp³-hybridized carbons (Fsp3) is 0.923. The molecule has 0 atom stereocenters. The Morgan fingerprint density at radius 2 is 0.941 bits per heavy atom. The minimum absolute atomic E-state index is 0.460. The summed E-state index contributed by atoms with van der Waals surface area (Å²) < 4.78 is 17.2. The van der Waals surface area contributed by atoms with Crippen LogP contribution in [0.15, 0.2) is 0 Å². The maximum Gasteiger partial charge on any atom is 0.250 e. The van der Waals surface area contributed by atoms with Gasteiger partial charge in [-0.15, -0.1) is 0 Å². The second-order valence-electron chi connectivity index (χ2n) is 5.68. The van der Waals surface area contributed by atoms with E-state index >= 15 is 0 Å². The number of hydrogen-bond donors (Lipinski definition) is 0. The van der Waals surface area contributed by atoms with Crippen LogP contribution in [0.1, 0.15) is 41.5 Å². The minimum atomic E-state index is -2.38. The van der Waals surface area contributed by atoms with Gasteiger partial charge in [-0.2, -0.15) is 0 Å². The molecule has 0 fully saturated rings. The normalized spacial score (nSPS) is 13.0. The van der Waals surface area contributed by atoms with Crippen molar-refractivity contribution in [2.45, 2.75) is 41.5 Å². The lowest BCUT2D eigenvalue weighted by atomic mass is 10.2. The molecule has 0 aliphatic heterocycles. The van der Waals surface area contributed by atoms with Crippen LogP contribution in [0.5, 0.6) is 0 Å². The van der Waals surface area contributed by atoms with Gasteiger partial charge in [0.15, 0.2) is 0 Å². The summed E-state index contributed by atoms with van der Waals surface area (Å²) in [5.74, 6) is 1.38. The van der Waals surface area contributed by atoms with Gasteiger partial charge in [0, 0.05) is 0 Å². The molecule has 0 radical (unpaired) electrons. The summed E-state index contributed by atoms with van der Waals surface area (Å²) in [4.78, 5) is 0. The van der Waals surface area contributed by atoms with E-state index in [9.17, 15) is 0 Å². The van der Waals surface area contributed by atoms with Crippen LogP contribution in [-0.4, -0.2) is 26.1 Å². The molecule has 104 valence electrons. The highest BCUT2D eigenvalue weighted by Gasteiger charge is 2.19. The molecule has 0 bridgehead atoms. The first-order chi connectivity index (χ1) is 7.75. The Morgan fingerprint density at radius 1 is 0.706 bits per heavy atom. The lowest BCUT2D eigenvalue weighted by molar-refractivity contribution is 0.125. The van der Waals surface area contributed by atoms with Crippen molar-refractivity contribution in [3.63, 3.8) is 0 Å². The predicted molar refractivity (Wildman–Crippen MR) is 76.4 cm³/mol. The Balaban J connectivity index is 4.29. The quantitative estimate of drug-likeness (QED) is 0.584. The summed E-state index contributed by atoms with van der Waals surface area (Å²) in [6, 6.07) is 0. The van der Waals surface area contributed by atoms with Crippen LogP contribution in [0.3, 0.4) is 0 Å².